The van der Waals surface area contributed by atoms with Crippen LogP contribution in [0.5, 0.6) is 0 Å². The normalized spacial score (nSPS) is 12.7. The molecule has 3 heterocycles. The van der Waals surface area contributed by atoms with Crippen molar-refractivity contribution in [1.29, 1.82) is 0 Å². The lowest BCUT2D eigenvalue weighted by Crippen LogP contribution is -2.01. The van der Waals surface area contributed by atoms with Gasteiger partial charge in [0.1, 0.15) is 5.65 Å². The van der Waals surface area contributed by atoms with Crippen molar-refractivity contribution in [3.8, 4) is 0 Å². The average molecular weight is 335 g/mol. The molecule has 4 rings (SSSR count). The largest absolute Gasteiger partial charge is 0.307 e. The summed E-state index contributed by atoms with van der Waals surface area (Å²) in [6.07, 6.45) is 3.90. The molecule has 0 aliphatic carbocycles. The van der Waals surface area contributed by atoms with E-state index in [0.717, 1.165) is 33.5 Å². The molecule has 0 amide bonds. The zero-order valence-corrected chi connectivity index (χ0v) is 14.2. The van der Waals surface area contributed by atoms with Gasteiger partial charge in [-0.25, -0.2) is 4.98 Å². The highest BCUT2D eigenvalue weighted by atomic mass is 32.2. The number of fused-ring (bicyclic) bond motifs is 2. The van der Waals surface area contributed by atoms with Crippen molar-refractivity contribution < 1.29 is 4.21 Å². The molecule has 5 heteroatoms. The summed E-state index contributed by atoms with van der Waals surface area (Å²) in [6, 6.07) is 15.9. The number of imidazole rings is 1. The minimum absolute atomic E-state index is 0.456. The Bertz CT molecular complexity index is 1020. The van der Waals surface area contributed by atoms with Crippen LogP contribution in [0.4, 0.5) is 0 Å². The van der Waals surface area contributed by atoms with Crippen LogP contribution in [-0.2, 0) is 22.3 Å². The highest BCUT2D eigenvalue weighted by Crippen LogP contribution is 2.20. The minimum Gasteiger partial charge on any atom is -0.307 e. The standard InChI is InChI=1S/C19H17N3OS/c1-14-10-15(17-6-2-3-7-18(17)20-14)12-24(23)13-16-11-22-9-5-4-8-19(22)21-16/h2-11H,12-13H2,1H3/t24-/m1/s1. The van der Waals surface area contributed by atoms with Crippen molar-refractivity contribution in [3.63, 3.8) is 0 Å². The van der Waals surface area contributed by atoms with E-state index in [4.69, 9.17) is 0 Å². The zero-order chi connectivity index (χ0) is 16.5. The van der Waals surface area contributed by atoms with Gasteiger partial charge < -0.3 is 4.40 Å². The molecule has 0 unspecified atom stereocenters. The first-order valence-electron chi connectivity index (χ1n) is 7.82. The molecule has 24 heavy (non-hydrogen) atoms. The number of aryl methyl sites for hydroxylation is 1. The van der Waals surface area contributed by atoms with Gasteiger partial charge in [0.25, 0.3) is 0 Å². The quantitative estimate of drug-likeness (QED) is 0.572. The van der Waals surface area contributed by atoms with E-state index in [9.17, 15) is 4.21 Å². The van der Waals surface area contributed by atoms with Crippen LogP contribution in [0.2, 0.25) is 0 Å². The third kappa shape index (κ3) is 2.95. The lowest BCUT2D eigenvalue weighted by atomic mass is 10.1. The molecule has 0 radical (unpaired) electrons. The van der Waals surface area contributed by atoms with Crippen molar-refractivity contribution in [3.05, 3.63) is 77.9 Å². The maximum Gasteiger partial charge on any atom is 0.137 e. The van der Waals surface area contributed by atoms with E-state index < -0.39 is 10.8 Å². The second kappa shape index (κ2) is 6.17. The highest BCUT2D eigenvalue weighted by molar-refractivity contribution is 7.83. The monoisotopic (exact) mass is 335 g/mol. The number of benzene rings is 1. The summed E-state index contributed by atoms with van der Waals surface area (Å²) in [5.74, 6) is 0.967. The maximum atomic E-state index is 12.7. The molecule has 120 valence electrons. The Morgan fingerprint density at radius 3 is 2.75 bits per heavy atom. The first kappa shape index (κ1) is 15.0. The molecule has 0 spiro atoms. The Balaban J connectivity index is 1.60. The summed E-state index contributed by atoms with van der Waals surface area (Å²) in [5, 5.41) is 1.08. The van der Waals surface area contributed by atoms with Crippen LogP contribution in [0.25, 0.3) is 16.6 Å². The lowest BCUT2D eigenvalue weighted by Gasteiger charge is -2.07. The molecule has 4 aromatic rings. The zero-order valence-electron chi connectivity index (χ0n) is 13.3. The molecular weight excluding hydrogens is 318 g/mol. The average Bonchev–Trinajstić information content (AvgIpc) is 2.96. The molecular formula is C19H17N3OS. The van der Waals surface area contributed by atoms with Crippen molar-refractivity contribution in [2.45, 2.75) is 18.4 Å². The van der Waals surface area contributed by atoms with Crippen LogP contribution in [0.3, 0.4) is 0 Å². The van der Waals surface area contributed by atoms with Gasteiger partial charge in [-0.1, -0.05) is 24.3 Å². The third-order valence-corrected chi connectivity index (χ3v) is 5.22. The fraction of sp³-hybridized carbons (Fsp3) is 0.158. The van der Waals surface area contributed by atoms with Gasteiger partial charge in [-0.2, -0.15) is 0 Å². The fourth-order valence-corrected chi connectivity index (χ4v) is 4.12. The van der Waals surface area contributed by atoms with Gasteiger partial charge in [-0.15, -0.1) is 0 Å². The summed E-state index contributed by atoms with van der Waals surface area (Å²) in [6.45, 7) is 1.97. The number of hydrogen-bond donors (Lipinski definition) is 0. The van der Waals surface area contributed by atoms with Gasteiger partial charge in [0.15, 0.2) is 0 Å². The molecule has 0 bridgehead atoms. The van der Waals surface area contributed by atoms with E-state index in [0.29, 0.717) is 11.5 Å². The summed E-state index contributed by atoms with van der Waals surface area (Å²) < 4.78 is 14.6. The Labute approximate surface area is 142 Å². The van der Waals surface area contributed by atoms with Gasteiger partial charge in [-0.05, 0) is 36.8 Å². The third-order valence-electron chi connectivity index (χ3n) is 3.97. The SMILES string of the molecule is Cc1cc(C[S@@](=O)Cc2cn3ccccc3n2)c2ccccc2n1. The number of hydrogen-bond acceptors (Lipinski definition) is 3. The molecule has 4 nitrogen and oxygen atoms in total. The number of aromatic nitrogens is 3. The van der Waals surface area contributed by atoms with Crippen LogP contribution in [0, 0.1) is 6.92 Å². The van der Waals surface area contributed by atoms with Gasteiger partial charge in [0.05, 0.1) is 17.0 Å². The summed E-state index contributed by atoms with van der Waals surface area (Å²) in [4.78, 5) is 9.07. The van der Waals surface area contributed by atoms with Crippen molar-refractivity contribution in [2.24, 2.45) is 0 Å². The number of nitrogens with zero attached hydrogens (tertiary/aromatic N) is 3. The molecule has 0 N–H and O–H groups in total. The second-order valence-electron chi connectivity index (χ2n) is 5.87. The lowest BCUT2D eigenvalue weighted by molar-refractivity contribution is 0.682. The van der Waals surface area contributed by atoms with Gasteiger partial charge in [0, 0.05) is 40.0 Å². The molecule has 1 atom stereocenters. The summed E-state index contributed by atoms with van der Waals surface area (Å²) in [7, 11) is -1.02. The van der Waals surface area contributed by atoms with E-state index in [-0.39, 0.29) is 0 Å². The maximum absolute atomic E-state index is 12.7. The van der Waals surface area contributed by atoms with Gasteiger partial charge in [-0.3, -0.25) is 9.19 Å². The van der Waals surface area contributed by atoms with Crippen molar-refractivity contribution in [2.75, 3.05) is 0 Å². The number of rotatable bonds is 4. The molecule has 0 saturated carbocycles. The number of pyridine rings is 2. The predicted octanol–water partition coefficient (Wildman–Crippen LogP) is 3.64. The van der Waals surface area contributed by atoms with E-state index in [1.165, 1.54) is 0 Å². The Hall–Kier alpha value is -2.53. The first-order chi connectivity index (χ1) is 11.7. The van der Waals surface area contributed by atoms with E-state index in [2.05, 4.69) is 9.97 Å². The van der Waals surface area contributed by atoms with Crippen LogP contribution in [0.1, 0.15) is 17.0 Å². The fourth-order valence-electron chi connectivity index (χ4n) is 2.96. The van der Waals surface area contributed by atoms with Crippen LogP contribution < -0.4 is 0 Å². The minimum atomic E-state index is -1.02. The van der Waals surface area contributed by atoms with Gasteiger partial charge >= 0.3 is 0 Å². The summed E-state index contributed by atoms with van der Waals surface area (Å²) in [5.41, 5.74) is 4.73. The van der Waals surface area contributed by atoms with E-state index >= 15 is 0 Å². The smallest absolute Gasteiger partial charge is 0.137 e. The second-order valence-corrected chi connectivity index (χ2v) is 7.32. The van der Waals surface area contributed by atoms with Crippen LogP contribution in [0.15, 0.2) is 60.9 Å². The molecule has 0 aliphatic heterocycles. The summed E-state index contributed by atoms with van der Waals surface area (Å²) >= 11 is 0. The molecule has 0 aliphatic rings. The molecule has 0 saturated heterocycles. The van der Waals surface area contributed by atoms with E-state index in [1.807, 2.05) is 72.2 Å². The van der Waals surface area contributed by atoms with E-state index in [1.54, 1.807) is 0 Å². The van der Waals surface area contributed by atoms with Crippen LogP contribution in [-0.4, -0.2) is 18.6 Å². The molecule has 0 fully saturated rings. The van der Waals surface area contributed by atoms with Crippen molar-refractivity contribution >= 4 is 27.3 Å². The molecule has 3 aromatic heterocycles. The first-order valence-corrected chi connectivity index (χ1v) is 9.31. The van der Waals surface area contributed by atoms with Crippen molar-refractivity contribution in [1.82, 2.24) is 14.4 Å². The Morgan fingerprint density at radius 1 is 1.04 bits per heavy atom. The predicted molar refractivity (Wildman–Crippen MR) is 97.2 cm³/mol. The number of para-hydroxylation sites is 1. The highest BCUT2D eigenvalue weighted by Gasteiger charge is 2.10. The molecule has 1 aromatic carbocycles. The topological polar surface area (TPSA) is 47.3 Å². The Morgan fingerprint density at radius 2 is 1.88 bits per heavy atom. The Kier molecular flexibility index (Phi) is 3.86. The van der Waals surface area contributed by atoms with Crippen LogP contribution >= 0.6 is 0 Å². The van der Waals surface area contributed by atoms with Gasteiger partial charge in [0.2, 0.25) is 0 Å².